The van der Waals surface area contributed by atoms with Gasteiger partial charge in [0.15, 0.2) is 9.84 Å². The maximum Gasteiger partial charge on any atom is 0.173 e. The first-order valence-corrected chi connectivity index (χ1v) is 6.21. The molecule has 0 spiro atoms. The van der Waals surface area contributed by atoms with Gasteiger partial charge in [0.2, 0.25) is 0 Å². The first-order valence-electron chi connectivity index (χ1n) is 4.50. The third-order valence-electron chi connectivity index (χ3n) is 2.03. The molecular weight excluding hydrogens is 212 g/mol. The van der Waals surface area contributed by atoms with Gasteiger partial charge in [0, 0.05) is 24.0 Å². The molecule has 0 radical (unpaired) electrons. The van der Waals surface area contributed by atoms with Crippen LogP contribution in [0.5, 0.6) is 0 Å². The van der Waals surface area contributed by atoms with Gasteiger partial charge in [-0.25, -0.2) is 8.42 Å². The van der Waals surface area contributed by atoms with Crippen molar-refractivity contribution in [2.45, 2.75) is 6.04 Å². The zero-order valence-electron chi connectivity index (χ0n) is 7.95. The van der Waals surface area contributed by atoms with E-state index < -0.39 is 9.84 Å². The Bertz CT molecular complexity index is 491. The molecule has 0 saturated heterocycles. The van der Waals surface area contributed by atoms with Gasteiger partial charge in [-0.2, -0.15) is 0 Å². The molecule has 15 heavy (non-hydrogen) atoms. The lowest BCUT2D eigenvalue weighted by Gasteiger charge is -1.98. The van der Waals surface area contributed by atoms with E-state index >= 15 is 0 Å². The van der Waals surface area contributed by atoms with Crippen LogP contribution in [-0.2, 0) is 9.84 Å². The second-order valence-electron chi connectivity index (χ2n) is 3.28. The topological polar surface area (TPSA) is 59.4 Å². The Hall–Kier alpha value is -1.49. The predicted octanol–water partition coefficient (Wildman–Crippen LogP) is 0.811. The highest BCUT2D eigenvalue weighted by Gasteiger charge is 2.19. The number of aromatic nitrogens is 1. The standard InChI is InChI=1S/C10H10N2O2S/c13-15(14)6-3-10(8-15)12-7-9-1-4-11-5-2-9/h1-7,10H,8H2/t10-/m0/s1. The summed E-state index contributed by atoms with van der Waals surface area (Å²) in [5.74, 6) is 0.0780. The van der Waals surface area contributed by atoms with Crippen LogP contribution in [0.1, 0.15) is 5.56 Å². The molecule has 0 fully saturated rings. The zero-order chi connectivity index (χ0) is 10.7. The highest BCUT2D eigenvalue weighted by molar-refractivity contribution is 7.94. The largest absolute Gasteiger partial charge is 0.284 e. The van der Waals surface area contributed by atoms with E-state index in [1.807, 2.05) is 12.1 Å². The molecule has 0 N–H and O–H groups in total. The van der Waals surface area contributed by atoms with Crippen LogP contribution in [0.15, 0.2) is 41.0 Å². The molecule has 0 bridgehead atoms. The average Bonchev–Trinajstić information content (AvgIpc) is 2.57. The van der Waals surface area contributed by atoms with Crippen molar-refractivity contribution in [3.63, 3.8) is 0 Å². The summed E-state index contributed by atoms with van der Waals surface area (Å²) in [6, 6.07) is 3.39. The Morgan fingerprint density at radius 2 is 2.13 bits per heavy atom. The van der Waals surface area contributed by atoms with Crippen LogP contribution in [0.25, 0.3) is 0 Å². The van der Waals surface area contributed by atoms with E-state index in [0.29, 0.717) is 0 Å². The smallest absolute Gasteiger partial charge is 0.173 e. The Morgan fingerprint density at radius 1 is 1.40 bits per heavy atom. The minimum absolute atomic E-state index is 0.0780. The van der Waals surface area contributed by atoms with Crippen molar-refractivity contribution >= 4 is 16.1 Å². The molecule has 5 heteroatoms. The minimum Gasteiger partial charge on any atom is -0.284 e. The molecule has 2 heterocycles. The fraction of sp³-hybridized carbons (Fsp3) is 0.200. The second kappa shape index (κ2) is 3.94. The van der Waals surface area contributed by atoms with Gasteiger partial charge in [0.1, 0.15) is 0 Å². The monoisotopic (exact) mass is 222 g/mol. The normalized spacial score (nSPS) is 23.6. The summed E-state index contributed by atoms with van der Waals surface area (Å²) in [4.78, 5) is 8.05. The van der Waals surface area contributed by atoms with Gasteiger partial charge in [-0.05, 0) is 23.8 Å². The molecule has 1 atom stereocenters. The van der Waals surface area contributed by atoms with Crippen molar-refractivity contribution < 1.29 is 8.42 Å². The number of aliphatic imine (C=N–C) groups is 1. The van der Waals surface area contributed by atoms with Crippen LogP contribution >= 0.6 is 0 Å². The number of nitrogens with zero attached hydrogens (tertiary/aromatic N) is 2. The van der Waals surface area contributed by atoms with Crippen molar-refractivity contribution in [3.8, 4) is 0 Å². The summed E-state index contributed by atoms with van der Waals surface area (Å²) in [6.45, 7) is 0. The minimum atomic E-state index is -3.01. The van der Waals surface area contributed by atoms with Gasteiger partial charge < -0.3 is 0 Å². The van der Waals surface area contributed by atoms with E-state index in [2.05, 4.69) is 9.98 Å². The van der Waals surface area contributed by atoms with Crippen LogP contribution in [0.4, 0.5) is 0 Å². The summed E-state index contributed by atoms with van der Waals surface area (Å²) < 4.78 is 22.2. The Morgan fingerprint density at radius 3 is 2.73 bits per heavy atom. The third kappa shape index (κ3) is 2.73. The van der Waals surface area contributed by atoms with Crippen LogP contribution in [-0.4, -0.2) is 31.4 Å². The zero-order valence-corrected chi connectivity index (χ0v) is 8.76. The molecule has 1 aromatic heterocycles. The van der Waals surface area contributed by atoms with Gasteiger partial charge in [-0.1, -0.05) is 0 Å². The number of pyridine rings is 1. The van der Waals surface area contributed by atoms with E-state index in [4.69, 9.17) is 0 Å². The molecule has 1 aliphatic heterocycles. The van der Waals surface area contributed by atoms with Crippen molar-refractivity contribution in [2.24, 2.45) is 4.99 Å². The molecule has 0 saturated carbocycles. The SMILES string of the molecule is O=S1(=O)C=C[C@H](N=Cc2ccncc2)C1. The molecule has 4 nitrogen and oxygen atoms in total. The Balaban J connectivity index is 2.06. The maximum atomic E-state index is 11.1. The summed E-state index contributed by atoms with van der Waals surface area (Å²) in [5, 5.41) is 1.22. The van der Waals surface area contributed by atoms with Crippen molar-refractivity contribution in [3.05, 3.63) is 41.6 Å². The van der Waals surface area contributed by atoms with Crippen molar-refractivity contribution in [2.75, 3.05) is 5.75 Å². The van der Waals surface area contributed by atoms with E-state index in [0.717, 1.165) is 5.56 Å². The summed E-state index contributed by atoms with van der Waals surface area (Å²) in [5.41, 5.74) is 0.919. The first kappa shape index (κ1) is 10.0. The first-order chi connectivity index (χ1) is 7.16. The fourth-order valence-electron chi connectivity index (χ4n) is 1.28. The van der Waals surface area contributed by atoms with Gasteiger partial charge in [0.05, 0.1) is 11.8 Å². The van der Waals surface area contributed by atoms with Gasteiger partial charge in [-0.3, -0.25) is 9.98 Å². The number of hydrogen-bond acceptors (Lipinski definition) is 4. The quantitative estimate of drug-likeness (QED) is 0.696. The molecule has 1 aromatic rings. The summed E-state index contributed by atoms with van der Waals surface area (Å²) in [7, 11) is -3.01. The molecule has 0 unspecified atom stereocenters. The van der Waals surface area contributed by atoms with E-state index in [9.17, 15) is 8.42 Å². The molecule has 78 valence electrons. The molecule has 0 aromatic carbocycles. The van der Waals surface area contributed by atoms with Gasteiger partial charge in [0.25, 0.3) is 0 Å². The Kier molecular flexibility index (Phi) is 2.64. The molecular formula is C10H10N2O2S. The number of sulfone groups is 1. The van der Waals surface area contributed by atoms with Gasteiger partial charge >= 0.3 is 0 Å². The lowest BCUT2D eigenvalue weighted by Crippen LogP contribution is -2.08. The van der Waals surface area contributed by atoms with Crippen molar-refractivity contribution in [1.82, 2.24) is 4.98 Å². The molecule has 0 amide bonds. The second-order valence-corrected chi connectivity index (χ2v) is 5.22. The van der Waals surface area contributed by atoms with Crippen LogP contribution < -0.4 is 0 Å². The number of rotatable bonds is 2. The lowest BCUT2D eigenvalue weighted by molar-refractivity contribution is 0.604. The van der Waals surface area contributed by atoms with E-state index in [-0.39, 0.29) is 11.8 Å². The summed E-state index contributed by atoms with van der Waals surface area (Å²) in [6.07, 6.45) is 6.61. The molecule has 2 rings (SSSR count). The van der Waals surface area contributed by atoms with E-state index in [1.165, 1.54) is 5.41 Å². The number of hydrogen-bond donors (Lipinski definition) is 0. The predicted molar refractivity (Wildman–Crippen MR) is 58.5 cm³/mol. The average molecular weight is 222 g/mol. The summed E-state index contributed by atoms with van der Waals surface area (Å²) >= 11 is 0. The third-order valence-corrected chi connectivity index (χ3v) is 3.41. The van der Waals surface area contributed by atoms with Crippen LogP contribution in [0.3, 0.4) is 0 Å². The molecule has 0 aliphatic carbocycles. The fourth-order valence-corrected chi connectivity index (χ4v) is 2.49. The highest BCUT2D eigenvalue weighted by atomic mass is 32.2. The van der Waals surface area contributed by atoms with Crippen LogP contribution in [0.2, 0.25) is 0 Å². The molecule has 1 aliphatic rings. The highest BCUT2D eigenvalue weighted by Crippen LogP contribution is 2.11. The van der Waals surface area contributed by atoms with Crippen molar-refractivity contribution in [1.29, 1.82) is 0 Å². The van der Waals surface area contributed by atoms with E-state index in [1.54, 1.807) is 24.7 Å². The van der Waals surface area contributed by atoms with Gasteiger partial charge in [-0.15, -0.1) is 0 Å². The van der Waals surface area contributed by atoms with Crippen LogP contribution in [0, 0.1) is 0 Å². The Labute approximate surface area is 88.3 Å². The maximum absolute atomic E-state index is 11.1. The lowest BCUT2D eigenvalue weighted by atomic mass is 10.3.